The van der Waals surface area contributed by atoms with Crippen LogP contribution in [0.25, 0.3) is 10.9 Å². The molecule has 30 heavy (non-hydrogen) atoms. The number of nitrogens with zero attached hydrogens (tertiary/aromatic N) is 1. The predicted octanol–water partition coefficient (Wildman–Crippen LogP) is 3.33. The Morgan fingerprint density at radius 2 is 2.00 bits per heavy atom. The lowest BCUT2D eigenvalue weighted by Crippen LogP contribution is -2.29. The average molecular weight is 422 g/mol. The van der Waals surface area contributed by atoms with Crippen molar-refractivity contribution in [3.8, 4) is 0 Å². The Kier molecular flexibility index (Phi) is 5.53. The van der Waals surface area contributed by atoms with Gasteiger partial charge < -0.3 is 15.4 Å². The number of carbonyl (C=O) groups excluding carboxylic acids is 1. The first-order valence-electron chi connectivity index (χ1n) is 9.55. The van der Waals surface area contributed by atoms with Crippen LogP contribution in [0.4, 0.5) is 0 Å². The molecule has 0 fully saturated rings. The molecule has 1 amide bonds. The number of nitrogens with one attached hydrogen (secondary N) is 2. The lowest BCUT2D eigenvalue weighted by Gasteiger charge is -2.25. The van der Waals surface area contributed by atoms with Gasteiger partial charge in [-0.3, -0.25) is 14.6 Å². The molecular weight excluding hydrogens is 402 g/mol. The highest BCUT2D eigenvalue weighted by Gasteiger charge is 2.32. The number of aliphatic imine (C=N–C) groups is 1. The number of hydrogen-bond donors (Lipinski definition) is 3. The maximum atomic E-state index is 13.1. The topological polar surface area (TPSA) is 94.6 Å². The first-order chi connectivity index (χ1) is 14.5. The SMILES string of the molecule is O=C(NCc1ccc(Cl)cc1)c1c[nH]c2c(C3(CCO)C=CC=N3)cccc2c1=O. The van der Waals surface area contributed by atoms with Gasteiger partial charge in [0, 0.05) is 48.0 Å². The van der Waals surface area contributed by atoms with Gasteiger partial charge >= 0.3 is 0 Å². The van der Waals surface area contributed by atoms with E-state index in [4.69, 9.17) is 11.6 Å². The van der Waals surface area contributed by atoms with Crippen LogP contribution < -0.4 is 10.7 Å². The molecule has 1 aliphatic heterocycles. The van der Waals surface area contributed by atoms with Crippen molar-refractivity contribution in [2.45, 2.75) is 18.5 Å². The first kappa shape index (κ1) is 20.1. The molecule has 2 aromatic carbocycles. The van der Waals surface area contributed by atoms with Gasteiger partial charge in [-0.25, -0.2) is 0 Å². The number of allylic oxidation sites excluding steroid dienone is 1. The summed E-state index contributed by atoms with van der Waals surface area (Å²) in [5.74, 6) is -0.456. The van der Waals surface area contributed by atoms with Gasteiger partial charge in [-0.1, -0.05) is 41.9 Å². The fraction of sp³-hybridized carbons (Fsp3) is 0.174. The number of aromatic amines is 1. The number of pyridine rings is 1. The third kappa shape index (κ3) is 3.67. The van der Waals surface area contributed by atoms with E-state index in [1.165, 1.54) is 6.20 Å². The number of aliphatic hydroxyl groups excluding tert-OH is 1. The van der Waals surface area contributed by atoms with E-state index in [0.717, 1.165) is 11.1 Å². The number of aliphatic hydroxyl groups is 1. The van der Waals surface area contributed by atoms with Crippen molar-refractivity contribution < 1.29 is 9.90 Å². The highest BCUT2D eigenvalue weighted by Crippen LogP contribution is 2.36. The van der Waals surface area contributed by atoms with Gasteiger partial charge in [-0.2, -0.15) is 0 Å². The zero-order valence-corrected chi connectivity index (χ0v) is 16.8. The summed E-state index contributed by atoms with van der Waals surface area (Å²) in [6.07, 6.45) is 7.24. The van der Waals surface area contributed by atoms with Crippen LogP contribution in [0.5, 0.6) is 0 Å². The molecule has 1 atom stereocenters. The van der Waals surface area contributed by atoms with Gasteiger partial charge in [0.25, 0.3) is 5.91 Å². The van der Waals surface area contributed by atoms with Crippen LogP contribution in [0.3, 0.4) is 0 Å². The standard InChI is InChI=1S/C23H20ClN3O3/c24-16-7-5-15(6-8-16)13-26-22(30)18-14-25-20-17(21(18)29)3-1-4-19(20)23(10-12-28)9-2-11-27-23/h1-9,11,14,28H,10,12-13H2,(H,25,29)(H,26,30). The summed E-state index contributed by atoms with van der Waals surface area (Å²) in [5, 5.41) is 13.3. The predicted molar refractivity (Wildman–Crippen MR) is 118 cm³/mol. The van der Waals surface area contributed by atoms with Crippen LogP contribution in [-0.4, -0.2) is 28.8 Å². The van der Waals surface area contributed by atoms with E-state index >= 15 is 0 Å². The van der Waals surface area contributed by atoms with Crippen LogP contribution in [-0.2, 0) is 12.1 Å². The maximum Gasteiger partial charge on any atom is 0.257 e. The molecule has 2 heterocycles. The molecule has 3 aromatic rings. The average Bonchev–Trinajstić information content (AvgIpc) is 3.23. The molecule has 1 unspecified atom stereocenters. The lowest BCUT2D eigenvalue weighted by atomic mass is 9.86. The number of carbonyl (C=O) groups is 1. The second-order valence-corrected chi connectivity index (χ2v) is 7.54. The molecule has 0 bridgehead atoms. The van der Waals surface area contributed by atoms with Crippen molar-refractivity contribution in [3.63, 3.8) is 0 Å². The molecule has 4 rings (SSSR count). The molecule has 0 spiro atoms. The molecule has 0 saturated carbocycles. The summed E-state index contributed by atoms with van der Waals surface area (Å²) < 4.78 is 0. The van der Waals surface area contributed by atoms with Crippen LogP contribution in [0, 0.1) is 0 Å². The van der Waals surface area contributed by atoms with Gasteiger partial charge in [0.15, 0.2) is 0 Å². The molecular formula is C23H20ClN3O3. The molecule has 152 valence electrons. The summed E-state index contributed by atoms with van der Waals surface area (Å²) in [7, 11) is 0. The fourth-order valence-corrected chi connectivity index (χ4v) is 3.82. The van der Waals surface area contributed by atoms with Crippen molar-refractivity contribution in [1.29, 1.82) is 0 Å². The van der Waals surface area contributed by atoms with E-state index in [0.29, 0.717) is 22.3 Å². The van der Waals surface area contributed by atoms with Crippen molar-refractivity contribution in [3.05, 3.63) is 92.7 Å². The number of halogens is 1. The highest BCUT2D eigenvalue weighted by atomic mass is 35.5. The highest BCUT2D eigenvalue weighted by molar-refractivity contribution is 6.30. The number of aromatic nitrogens is 1. The van der Waals surface area contributed by atoms with Crippen LogP contribution in [0.1, 0.15) is 27.9 Å². The normalized spacial score (nSPS) is 17.5. The molecule has 6 nitrogen and oxygen atoms in total. The van der Waals surface area contributed by atoms with Crippen LogP contribution in [0.15, 0.2) is 70.6 Å². The van der Waals surface area contributed by atoms with Crippen LogP contribution >= 0.6 is 11.6 Å². The quantitative estimate of drug-likeness (QED) is 0.569. The molecule has 1 aromatic heterocycles. The molecule has 0 aliphatic carbocycles. The molecule has 7 heteroatoms. The third-order valence-corrected chi connectivity index (χ3v) is 5.50. The smallest absolute Gasteiger partial charge is 0.257 e. The van der Waals surface area contributed by atoms with Gasteiger partial charge in [0.2, 0.25) is 5.43 Å². The van der Waals surface area contributed by atoms with Crippen molar-refractivity contribution in [1.82, 2.24) is 10.3 Å². The van der Waals surface area contributed by atoms with E-state index in [9.17, 15) is 14.7 Å². The minimum absolute atomic E-state index is 0.0373. The number of para-hydroxylation sites is 1. The summed E-state index contributed by atoms with van der Waals surface area (Å²) in [6.45, 7) is 0.236. The van der Waals surface area contributed by atoms with E-state index in [-0.39, 0.29) is 24.1 Å². The minimum atomic E-state index is -0.727. The number of rotatable bonds is 6. The van der Waals surface area contributed by atoms with E-state index in [1.54, 1.807) is 30.5 Å². The van der Waals surface area contributed by atoms with Crippen molar-refractivity contribution in [2.75, 3.05) is 6.61 Å². The Bertz CT molecular complexity index is 1200. The Hall–Kier alpha value is -3.22. The minimum Gasteiger partial charge on any atom is -0.396 e. The largest absolute Gasteiger partial charge is 0.396 e. The van der Waals surface area contributed by atoms with E-state index in [1.807, 2.05) is 30.4 Å². The summed E-state index contributed by atoms with van der Waals surface area (Å²) in [6, 6.07) is 12.4. The second kappa shape index (κ2) is 8.26. The Morgan fingerprint density at radius 3 is 2.70 bits per heavy atom. The number of benzene rings is 2. The second-order valence-electron chi connectivity index (χ2n) is 7.10. The summed E-state index contributed by atoms with van der Waals surface area (Å²) in [4.78, 5) is 33.3. The first-order valence-corrected chi connectivity index (χ1v) is 9.93. The zero-order valence-electron chi connectivity index (χ0n) is 16.1. The Morgan fingerprint density at radius 1 is 1.20 bits per heavy atom. The van der Waals surface area contributed by atoms with Gasteiger partial charge in [-0.15, -0.1) is 0 Å². The number of amides is 1. The van der Waals surface area contributed by atoms with Gasteiger partial charge in [-0.05, 0) is 29.8 Å². The zero-order chi connectivity index (χ0) is 21.1. The Balaban J connectivity index is 1.67. The number of fused-ring (bicyclic) bond motifs is 1. The van der Waals surface area contributed by atoms with Gasteiger partial charge in [0.05, 0.1) is 5.52 Å². The molecule has 0 radical (unpaired) electrons. The van der Waals surface area contributed by atoms with Crippen molar-refractivity contribution >= 4 is 34.6 Å². The fourth-order valence-electron chi connectivity index (χ4n) is 3.69. The number of hydrogen-bond acceptors (Lipinski definition) is 4. The monoisotopic (exact) mass is 421 g/mol. The van der Waals surface area contributed by atoms with Gasteiger partial charge in [0.1, 0.15) is 11.1 Å². The van der Waals surface area contributed by atoms with E-state index in [2.05, 4.69) is 15.3 Å². The molecule has 3 N–H and O–H groups in total. The van der Waals surface area contributed by atoms with Crippen LogP contribution in [0.2, 0.25) is 5.02 Å². The molecule has 0 saturated heterocycles. The Labute approximate surface area is 177 Å². The third-order valence-electron chi connectivity index (χ3n) is 5.25. The molecule has 1 aliphatic rings. The van der Waals surface area contributed by atoms with Crippen molar-refractivity contribution in [2.24, 2.45) is 4.99 Å². The summed E-state index contributed by atoms with van der Waals surface area (Å²) in [5.41, 5.74) is 1.22. The number of H-pyrrole nitrogens is 1. The summed E-state index contributed by atoms with van der Waals surface area (Å²) >= 11 is 5.88. The lowest BCUT2D eigenvalue weighted by molar-refractivity contribution is 0.0949. The van der Waals surface area contributed by atoms with E-state index < -0.39 is 11.4 Å². The maximum absolute atomic E-state index is 13.1.